The highest BCUT2D eigenvalue weighted by molar-refractivity contribution is 6.17. The number of carbonyl (C=O) groups is 1. The molecule has 2 fully saturated rings. The second kappa shape index (κ2) is 13.7. The van der Waals surface area contributed by atoms with E-state index in [0.717, 1.165) is 56.0 Å². The molecule has 2 aromatic rings. The Labute approximate surface area is 225 Å². The van der Waals surface area contributed by atoms with Gasteiger partial charge in [0, 0.05) is 44.7 Å². The van der Waals surface area contributed by atoms with E-state index < -0.39 is 11.6 Å². The fraction of sp³-hybridized carbons (Fsp3) is 0.500. The molecule has 3 atom stereocenters. The van der Waals surface area contributed by atoms with Crippen LogP contribution >= 0.6 is 36.4 Å². The van der Waals surface area contributed by atoms with E-state index in [1.165, 1.54) is 0 Å². The molecule has 0 spiro atoms. The highest BCUT2D eigenvalue weighted by Gasteiger charge is 2.64. The van der Waals surface area contributed by atoms with Gasteiger partial charge in [-0.3, -0.25) is 9.69 Å². The highest BCUT2D eigenvalue weighted by Crippen LogP contribution is 2.52. The molecular weight excluding hydrogens is 511 g/mol. The Kier molecular flexibility index (Phi) is 11.6. The number of piperazine rings is 1. The summed E-state index contributed by atoms with van der Waals surface area (Å²) < 4.78 is 17.2. The van der Waals surface area contributed by atoms with E-state index in [9.17, 15) is 4.79 Å². The van der Waals surface area contributed by atoms with Crippen LogP contribution in [0.5, 0.6) is 5.75 Å². The van der Waals surface area contributed by atoms with E-state index in [1.807, 2.05) is 54.6 Å². The van der Waals surface area contributed by atoms with Gasteiger partial charge in [0.2, 0.25) is 0 Å². The fourth-order valence-corrected chi connectivity index (χ4v) is 4.84. The maximum atomic E-state index is 13.7. The number of esters is 1. The third kappa shape index (κ3) is 6.62. The van der Waals surface area contributed by atoms with Crippen molar-refractivity contribution in [3.63, 3.8) is 0 Å². The van der Waals surface area contributed by atoms with Crippen molar-refractivity contribution in [3.8, 4) is 5.75 Å². The van der Waals surface area contributed by atoms with Crippen LogP contribution in [0.1, 0.15) is 30.2 Å². The van der Waals surface area contributed by atoms with E-state index in [-0.39, 0.29) is 36.9 Å². The molecule has 1 saturated heterocycles. The van der Waals surface area contributed by atoms with E-state index in [2.05, 4.69) is 9.80 Å². The van der Waals surface area contributed by atoms with Crippen LogP contribution in [0.3, 0.4) is 0 Å². The number of rotatable bonds is 10. The smallest absolute Gasteiger partial charge is 0.321 e. The molecule has 0 radical (unpaired) electrons. The number of alkyl halides is 1. The largest absolute Gasteiger partial charge is 0.497 e. The first-order chi connectivity index (χ1) is 16.1. The molecule has 1 aliphatic carbocycles. The van der Waals surface area contributed by atoms with Crippen molar-refractivity contribution in [1.29, 1.82) is 0 Å². The monoisotopic (exact) mass is 544 g/mol. The Morgan fingerprint density at radius 3 is 2.23 bits per heavy atom. The van der Waals surface area contributed by atoms with Gasteiger partial charge >= 0.3 is 5.97 Å². The number of methoxy groups -OCH3 is 2. The first-order valence-electron chi connectivity index (χ1n) is 11.6. The predicted octanol–water partition coefficient (Wildman–Crippen LogP) is 4.68. The van der Waals surface area contributed by atoms with Gasteiger partial charge in [-0.25, -0.2) is 0 Å². The van der Waals surface area contributed by atoms with Crippen LogP contribution in [0.25, 0.3) is 0 Å². The van der Waals surface area contributed by atoms with Crippen LogP contribution in [0, 0.1) is 0 Å². The Morgan fingerprint density at radius 1 is 1.03 bits per heavy atom. The lowest BCUT2D eigenvalue weighted by atomic mass is 9.95. The van der Waals surface area contributed by atoms with Gasteiger partial charge in [0.05, 0.1) is 13.2 Å². The van der Waals surface area contributed by atoms with Gasteiger partial charge < -0.3 is 19.1 Å². The Hall–Kier alpha value is -1.54. The first kappa shape index (κ1) is 29.7. The van der Waals surface area contributed by atoms with Crippen LogP contribution in [0.2, 0.25) is 0 Å². The standard InChI is InChI=1S/C26H33ClN2O4.2ClH/c1-31-22-11-9-21(10-12-22)26(19-23(26)32-2)25(30)33-24(20-7-4-3-5-8-20)29-17-15-28(16-18-29)14-6-13-27;;/h3-5,7-12,23-24H,6,13-19H2,1-2H3;2*1H/t23-,24?,26-;;/m1../s1. The van der Waals surface area contributed by atoms with Crippen molar-refractivity contribution in [1.82, 2.24) is 9.80 Å². The molecule has 0 N–H and O–H groups in total. The molecule has 9 heteroatoms. The Morgan fingerprint density at radius 2 is 1.69 bits per heavy atom. The molecule has 1 aliphatic heterocycles. The lowest BCUT2D eigenvalue weighted by Gasteiger charge is -2.39. The summed E-state index contributed by atoms with van der Waals surface area (Å²) in [6.45, 7) is 4.53. The lowest BCUT2D eigenvalue weighted by Crippen LogP contribution is -2.49. The molecule has 35 heavy (non-hydrogen) atoms. The average Bonchev–Trinajstić information content (AvgIpc) is 3.63. The second-order valence-electron chi connectivity index (χ2n) is 8.72. The van der Waals surface area contributed by atoms with Gasteiger partial charge in [-0.2, -0.15) is 0 Å². The Balaban J connectivity index is 0.00000216. The molecule has 0 bridgehead atoms. The van der Waals surface area contributed by atoms with E-state index in [1.54, 1.807) is 14.2 Å². The minimum Gasteiger partial charge on any atom is -0.497 e. The van der Waals surface area contributed by atoms with Gasteiger partial charge in [0.1, 0.15) is 11.2 Å². The van der Waals surface area contributed by atoms with Crippen molar-refractivity contribution in [2.45, 2.75) is 30.6 Å². The third-order valence-electron chi connectivity index (χ3n) is 6.80. The van der Waals surface area contributed by atoms with Crippen molar-refractivity contribution < 1.29 is 19.0 Å². The summed E-state index contributed by atoms with van der Waals surface area (Å²) in [6.07, 6.45) is 0.980. The van der Waals surface area contributed by atoms with Crippen LogP contribution in [0.15, 0.2) is 54.6 Å². The topological polar surface area (TPSA) is 51.2 Å². The van der Waals surface area contributed by atoms with Crippen molar-refractivity contribution in [2.75, 3.05) is 52.8 Å². The molecule has 0 aromatic heterocycles. The van der Waals surface area contributed by atoms with Crippen LogP contribution in [-0.4, -0.2) is 74.7 Å². The Bertz CT molecular complexity index is 911. The molecule has 2 aliphatic rings. The van der Waals surface area contributed by atoms with Crippen molar-refractivity contribution >= 4 is 42.4 Å². The first-order valence-corrected chi connectivity index (χ1v) is 12.1. The van der Waals surface area contributed by atoms with Gasteiger partial charge in [0.25, 0.3) is 0 Å². The van der Waals surface area contributed by atoms with Crippen molar-refractivity contribution in [3.05, 3.63) is 65.7 Å². The van der Waals surface area contributed by atoms with E-state index in [0.29, 0.717) is 12.3 Å². The predicted molar refractivity (Wildman–Crippen MR) is 143 cm³/mol. The summed E-state index contributed by atoms with van der Waals surface area (Å²) >= 11 is 5.87. The summed E-state index contributed by atoms with van der Waals surface area (Å²) in [5, 5.41) is 0. The minimum absolute atomic E-state index is 0. The number of nitrogens with zero attached hydrogens (tertiary/aromatic N) is 2. The SMILES string of the molecule is COc1ccc([C@]2(C(=O)OC(c3ccccc3)N3CCN(CCCCl)CC3)C[C@H]2OC)cc1.Cl.Cl. The molecular formula is C26H35Cl3N2O4. The molecule has 1 heterocycles. The lowest BCUT2D eigenvalue weighted by molar-refractivity contribution is -0.166. The zero-order valence-corrected chi connectivity index (χ0v) is 22.6. The van der Waals surface area contributed by atoms with Gasteiger partial charge in [-0.05, 0) is 37.1 Å². The number of hydrogen-bond donors (Lipinski definition) is 0. The summed E-state index contributed by atoms with van der Waals surface area (Å²) in [4.78, 5) is 18.4. The summed E-state index contributed by atoms with van der Waals surface area (Å²) in [5.41, 5.74) is 1.10. The number of benzene rings is 2. The summed E-state index contributed by atoms with van der Waals surface area (Å²) in [7, 11) is 3.28. The summed E-state index contributed by atoms with van der Waals surface area (Å²) in [6, 6.07) is 17.6. The maximum Gasteiger partial charge on any atom is 0.321 e. The number of hydrogen-bond acceptors (Lipinski definition) is 6. The summed E-state index contributed by atoms with van der Waals surface area (Å²) in [5.74, 6) is 1.20. The molecule has 2 aromatic carbocycles. The molecule has 0 amide bonds. The highest BCUT2D eigenvalue weighted by atomic mass is 35.5. The molecule has 1 unspecified atom stereocenters. The van der Waals surface area contributed by atoms with Gasteiger partial charge in [-0.1, -0.05) is 42.5 Å². The zero-order valence-electron chi connectivity index (χ0n) is 20.2. The van der Waals surface area contributed by atoms with E-state index in [4.69, 9.17) is 25.8 Å². The zero-order chi connectivity index (χ0) is 23.3. The molecule has 194 valence electrons. The quantitative estimate of drug-likeness (QED) is 0.319. The van der Waals surface area contributed by atoms with Crippen LogP contribution in [0.4, 0.5) is 0 Å². The van der Waals surface area contributed by atoms with Crippen molar-refractivity contribution in [2.24, 2.45) is 0 Å². The van der Waals surface area contributed by atoms with Gasteiger partial charge in [-0.15, -0.1) is 36.4 Å². The molecule has 6 nitrogen and oxygen atoms in total. The minimum atomic E-state index is -0.782. The fourth-order valence-electron chi connectivity index (χ4n) is 4.73. The number of ether oxygens (including phenoxy) is 3. The number of carbonyl (C=O) groups excluding carboxylic acids is 1. The third-order valence-corrected chi connectivity index (χ3v) is 7.07. The second-order valence-corrected chi connectivity index (χ2v) is 9.09. The van der Waals surface area contributed by atoms with Gasteiger partial charge in [0.15, 0.2) is 6.23 Å². The van der Waals surface area contributed by atoms with Crippen LogP contribution < -0.4 is 4.74 Å². The molecule has 4 rings (SSSR count). The normalized spacial score (nSPS) is 22.9. The van der Waals surface area contributed by atoms with E-state index >= 15 is 0 Å². The molecule has 1 saturated carbocycles. The maximum absolute atomic E-state index is 13.7. The average molecular weight is 546 g/mol. The van der Waals surface area contributed by atoms with Crippen LogP contribution in [-0.2, 0) is 19.7 Å². The number of halogens is 3.